The highest BCUT2D eigenvalue weighted by molar-refractivity contribution is 9.10. The van der Waals surface area contributed by atoms with Gasteiger partial charge in [0, 0.05) is 17.6 Å². The molecule has 0 aromatic heterocycles. The van der Waals surface area contributed by atoms with Gasteiger partial charge in [0.15, 0.2) is 11.6 Å². The van der Waals surface area contributed by atoms with Gasteiger partial charge in [-0.2, -0.15) is 0 Å². The lowest BCUT2D eigenvalue weighted by atomic mass is 10.3. The van der Waals surface area contributed by atoms with Crippen LogP contribution in [0.4, 0.5) is 4.39 Å². The Labute approximate surface area is 103 Å². The Morgan fingerprint density at radius 1 is 1.50 bits per heavy atom. The average Bonchev–Trinajstić information content (AvgIpc) is 2.26. The zero-order valence-electron chi connectivity index (χ0n) is 9.08. The molecule has 90 valence electrons. The molecule has 0 aliphatic heterocycles. The molecule has 0 aliphatic rings. The van der Waals surface area contributed by atoms with Crippen molar-refractivity contribution in [1.29, 1.82) is 0 Å². The number of ether oxygens (including phenoxy) is 2. The molecule has 0 fully saturated rings. The Hall–Kier alpha value is -0.650. The summed E-state index contributed by atoms with van der Waals surface area (Å²) >= 11 is 3.17. The number of nitrogens with two attached hydrogens (primary N) is 1. The SMILES string of the molecule is CCOC(CN)COc1ccc(Br)cc1F. The van der Waals surface area contributed by atoms with E-state index in [9.17, 15) is 4.39 Å². The largest absolute Gasteiger partial charge is 0.488 e. The first-order valence-electron chi connectivity index (χ1n) is 5.07. The molecule has 0 saturated carbocycles. The van der Waals surface area contributed by atoms with E-state index in [0.29, 0.717) is 17.6 Å². The number of rotatable bonds is 6. The molecule has 1 unspecified atom stereocenters. The first kappa shape index (κ1) is 13.4. The van der Waals surface area contributed by atoms with E-state index in [1.54, 1.807) is 12.1 Å². The smallest absolute Gasteiger partial charge is 0.166 e. The average molecular weight is 292 g/mol. The van der Waals surface area contributed by atoms with Gasteiger partial charge in [0.2, 0.25) is 0 Å². The van der Waals surface area contributed by atoms with Crippen LogP contribution < -0.4 is 10.5 Å². The fourth-order valence-corrected chi connectivity index (χ4v) is 1.53. The molecule has 1 rings (SSSR count). The first-order valence-corrected chi connectivity index (χ1v) is 5.86. The lowest BCUT2D eigenvalue weighted by Crippen LogP contribution is -2.30. The highest BCUT2D eigenvalue weighted by atomic mass is 79.9. The lowest BCUT2D eigenvalue weighted by molar-refractivity contribution is 0.0327. The van der Waals surface area contributed by atoms with Gasteiger partial charge in [-0.25, -0.2) is 4.39 Å². The highest BCUT2D eigenvalue weighted by Gasteiger charge is 2.09. The summed E-state index contributed by atoms with van der Waals surface area (Å²) in [7, 11) is 0. The Kier molecular flexibility index (Phi) is 5.73. The van der Waals surface area contributed by atoms with Crippen LogP contribution in [-0.4, -0.2) is 25.9 Å². The normalized spacial score (nSPS) is 12.5. The second kappa shape index (κ2) is 6.83. The molecular formula is C11H15BrFNO2. The molecule has 1 aromatic rings. The maximum Gasteiger partial charge on any atom is 0.166 e. The second-order valence-electron chi connectivity index (χ2n) is 3.20. The standard InChI is InChI=1S/C11H15BrFNO2/c1-2-15-9(6-14)7-16-11-4-3-8(12)5-10(11)13/h3-5,9H,2,6-7,14H2,1H3. The summed E-state index contributed by atoms with van der Waals surface area (Å²) in [5.41, 5.74) is 5.48. The molecule has 5 heteroatoms. The monoisotopic (exact) mass is 291 g/mol. The topological polar surface area (TPSA) is 44.5 Å². The van der Waals surface area contributed by atoms with Crippen LogP contribution in [0.2, 0.25) is 0 Å². The number of benzene rings is 1. The Bertz CT molecular complexity index is 336. The van der Waals surface area contributed by atoms with Gasteiger partial charge in [0.05, 0.1) is 0 Å². The number of halogens is 2. The van der Waals surface area contributed by atoms with Crippen LogP contribution in [0.25, 0.3) is 0 Å². The van der Waals surface area contributed by atoms with E-state index in [4.69, 9.17) is 15.2 Å². The van der Waals surface area contributed by atoms with Crippen molar-refractivity contribution in [3.8, 4) is 5.75 Å². The minimum Gasteiger partial charge on any atom is -0.488 e. The predicted molar refractivity (Wildman–Crippen MR) is 64.1 cm³/mol. The lowest BCUT2D eigenvalue weighted by Gasteiger charge is -2.16. The number of hydrogen-bond donors (Lipinski definition) is 1. The van der Waals surface area contributed by atoms with Crippen molar-refractivity contribution in [2.75, 3.05) is 19.8 Å². The molecule has 0 amide bonds. The van der Waals surface area contributed by atoms with Gasteiger partial charge < -0.3 is 15.2 Å². The zero-order valence-corrected chi connectivity index (χ0v) is 10.7. The molecule has 0 radical (unpaired) electrons. The van der Waals surface area contributed by atoms with Gasteiger partial charge in [-0.1, -0.05) is 15.9 Å². The van der Waals surface area contributed by atoms with Crippen molar-refractivity contribution in [3.05, 3.63) is 28.5 Å². The fraction of sp³-hybridized carbons (Fsp3) is 0.455. The summed E-state index contributed by atoms with van der Waals surface area (Å²) in [6.07, 6.45) is -0.201. The zero-order chi connectivity index (χ0) is 12.0. The Morgan fingerprint density at radius 3 is 2.81 bits per heavy atom. The van der Waals surface area contributed by atoms with Crippen LogP contribution in [0, 0.1) is 5.82 Å². The molecule has 1 atom stereocenters. The van der Waals surface area contributed by atoms with E-state index in [1.807, 2.05) is 6.92 Å². The molecule has 0 spiro atoms. The summed E-state index contributed by atoms with van der Waals surface area (Å²) in [5.74, 6) is -0.192. The van der Waals surface area contributed by atoms with Gasteiger partial charge in [-0.15, -0.1) is 0 Å². The summed E-state index contributed by atoms with van der Waals surface area (Å²) in [6, 6.07) is 4.64. The highest BCUT2D eigenvalue weighted by Crippen LogP contribution is 2.21. The van der Waals surface area contributed by atoms with Gasteiger partial charge in [-0.05, 0) is 25.1 Å². The second-order valence-corrected chi connectivity index (χ2v) is 4.11. The van der Waals surface area contributed by atoms with E-state index in [2.05, 4.69) is 15.9 Å². The maximum absolute atomic E-state index is 13.4. The van der Waals surface area contributed by atoms with Gasteiger partial charge in [0.1, 0.15) is 12.7 Å². The fourth-order valence-electron chi connectivity index (χ4n) is 1.19. The van der Waals surface area contributed by atoms with Crippen molar-refractivity contribution >= 4 is 15.9 Å². The van der Waals surface area contributed by atoms with Crippen LogP contribution in [0.15, 0.2) is 22.7 Å². The summed E-state index contributed by atoms with van der Waals surface area (Å²) in [6.45, 7) is 3.05. The summed E-state index contributed by atoms with van der Waals surface area (Å²) < 4.78 is 24.6. The van der Waals surface area contributed by atoms with E-state index < -0.39 is 5.82 Å². The number of hydrogen-bond acceptors (Lipinski definition) is 3. The van der Waals surface area contributed by atoms with Crippen LogP contribution in [0.1, 0.15) is 6.92 Å². The predicted octanol–water partition coefficient (Wildman–Crippen LogP) is 2.33. The van der Waals surface area contributed by atoms with Crippen LogP contribution in [0.5, 0.6) is 5.75 Å². The van der Waals surface area contributed by atoms with E-state index in [0.717, 1.165) is 0 Å². The quantitative estimate of drug-likeness (QED) is 0.875. The third-order valence-electron chi connectivity index (χ3n) is 1.98. The molecular weight excluding hydrogens is 277 g/mol. The minimum absolute atomic E-state index is 0.201. The molecule has 0 heterocycles. The van der Waals surface area contributed by atoms with Crippen molar-refractivity contribution in [2.24, 2.45) is 5.73 Å². The minimum atomic E-state index is -0.401. The molecule has 3 nitrogen and oxygen atoms in total. The van der Waals surface area contributed by atoms with E-state index in [-0.39, 0.29) is 18.5 Å². The van der Waals surface area contributed by atoms with Gasteiger partial charge in [0.25, 0.3) is 0 Å². The summed E-state index contributed by atoms with van der Waals surface area (Å²) in [4.78, 5) is 0. The van der Waals surface area contributed by atoms with Crippen LogP contribution in [0.3, 0.4) is 0 Å². The van der Waals surface area contributed by atoms with Crippen LogP contribution >= 0.6 is 15.9 Å². The summed E-state index contributed by atoms with van der Waals surface area (Å²) in [5, 5.41) is 0. The molecule has 0 bridgehead atoms. The van der Waals surface area contributed by atoms with Crippen LogP contribution in [-0.2, 0) is 4.74 Å². The van der Waals surface area contributed by atoms with Crippen molar-refractivity contribution in [2.45, 2.75) is 13.0 Å². The Balaban J connectivity index is 2.53. The van der Waals surface area contributed by atoms with Crippen molar-refractivity contribution in [3.63, 3.8) is 0 Å². The van der Waals surface area contributed by atoms with Gasteiger partial charge >= 0.3 is 0 Å². The van der Waals surface area contributed by atoms with E-state index >= 15 is 0 Å². The molecule has 0 aliphatic carbocycles. The first-order chi connectivity index (χ1) is 7.67. The van der Waals surface area contributed by atoms with E-state index in [1.165, 1.54) is 6.07 Å². The van der Waals surface area contributed by atoms with Gasteiger partial charge in [-0.3, -0.25) is 0 Å². The van der Waals surface area contributed by atoms with Crippen molar-refractivity contribution < 1.29 is 13.9 Å². The van der Waals surface area contributed by atoms with Crippen molar-refractivity contribution in [1.82, 2.24) is 0 Å². The molecule has 2 N–H and O–H groups in total. The Morgan fingerprint density at radius 2 is 2.25 bits per heavy atom. The third-order valence-corrected chi connectivity index (χ3v) is 2.48. The molecule has 1 aromatic carbocycles. The maximum atomic E-state index is 13.4. The molecule has 0 saturated heterocycles. The molecule has 16 heavy (non-hydrogen) atoms. The third kappa shape index (κ3) is 4.08.